The Morgan fingerprint density at radius 1 is 0.968 bits per heavy atom. The monoisotopic (exact) mass is 478 g/mol. The number of fused-ring (bicyclic) bond motifs is 1. The van der Waals surface area contributed by atoms with E-state index >= 15 is 0 Å². The summed E-state index contributed by atoms with van der Waals surface area (Å²) in [7, 11) is 0. The quantitative estimate of drug-likeness (QED) is 0.539. The minimum atomic E-state index is -0.416. The van der Waals surface area contributed by atoms with Gasteiger partial charge in [0.15, 0.2) is 0 Å². The number of nitrogens with zero attached hydrogens (tertiary/aromatic N) is 1. The van der Waals surface area contributed by atoms with Crippen LogP contribution in [-0.2, 0) is 17.8 Å². The van der Waals surface area contributed by atoms with Gasteiger partial charge in [0.25, 0.3) is 11.8 Å². The summed E-state index contributed by atoms with van der Waals surface area (Å²) in [5.74, 6) is -1.13. The molecule has 4 rings (SSSR count). The van der Waals surface area contributed by atoms with Crippen LogP contribution in [0.15, 0.2) is 83.0 Å². The lowest BCUT2D eigenvalue weighted by Crippen LogP contribution is -2.41. The fourth-order valence-corrected chi connectivity index (χ4v) is 4.05. The highest BCUT2D eigenvalue weighted by Gasteiger charge is 2.25. The summed E-state index contributed by atoms with van der Waals surface area (Å²) in [6.07, 6.45) is 2.26. The molecule has 1 aliphatic heterocycles. The summed E-state index contributed by atoms with van der Waals surface area (Å²) in [5.41, 5.74) is 3.31. The van der Waals surface area contributed by atoms with Crippen LogP contribution in [0.2, 0.25) is 0 Å². The van der Waals surface area contributed by atoms with Gasteiger partial charge in [-0.25, -0.2) is 4.39 Å². The molecule has 31 heavy (non-hydrogen) atoms. The lowest BCUT2D eigenvalue weighted by atomic mass is 9.99. The average Bonchev–Trinajstić information content (AvgIpc) is 2.78. The average molecular weight is 479 g/mol. The van der Waals surface area contributed by atoms with Gasteiger partial charge in [-0.3, -0.25) is 9.59 Å². The summed E-state index contributed by atoms with van der Waals surface area (Å²) in [4.78, 5) is 28.0. The Kier molecular flexibility index (Phi) is 6.28. The summed E-state index contributed by atoms with van der Waals surface area (Å²) >= 11 is 3.37. The molecule has 0 aliphatic carbocycles. The molecule has 156 valence electrons. The second-order valence-corrected chi connectivity index (χ2v) is 8.15. The Morgan fingerprint density at radius 3 is 2.48 bits per heavy atom. The van der Waals surface area contributed by atoms with Crippen molar-refractivity contribution < 1.29 is 14.0 Å². The van der Waals surface area contributed by atoms with E-state index in [-0.39, 0.29) is 11.6 Å². The number of hydrogen-bond donors (Lipinski definition) is 1. The lowest BCUT2D eigenvalue weighted by molar-refractivity contribution is -0.128. The largest absolute Gasteiger partial charge is 0.333 e. The van der Waals surface area contributed by atoms with Gasteiger partial charge >= 0.3 is 0 Å². The summed E-state index contributed by atoms with van der Waals surface area (Å²) < 4.78 is 14.3. The number of benzene rings is 3. The second kappa shape index (κ2) is 9.27. The third kappa shape index (κ3) is 4.91. The molecule has 0 radical (unpaired) electrons. The fraction of sp³-hybridized carbons (Fsp3) is 0.120. The lowest BCUT2D eigenvalue weighted by Gasteiger charge is -2.29. The van der Waals surface area contributed by atoms with Gasteiger partial charge < -0.3 is 10.2 Å². The second-order valence-electron chi connectivity index (χ2n) is 7.29. The van der Waals surface area contributed by atoms with Gasteiger partial charge in [0.2, 0.25) is 0 Å². The van der Waals surface area contributed by atoms with Crippen LogP contribution in [0.5, 0.6) is 0 Å². The SMILES string of the molecule is O=C(N/C(=C/c1cccc(F)c1)C(=O)N1CCc2ccccc2C1)c1ccccc1Br. The van der Waals surface area contributed by atoms with E-state index in [1.165, 1.54) is 23.8 Å². The fourth-order valence-electron chi connectivity index (χ4n) is 3.59. The molecule has 1 N–H and O–H groups in total. The smallest absolute Gasteiger partial charge is 0.270 e. The molecule has 0 saturated heterocycles. The zero-order valence-corrected chi connectivity index (χ0v) is 18.2. The van der Waals surface area contributed by atoms with Crippen molar-refractivity contribution in [3.8, 4) is 0 Å². The maximum absolute atomic E-state index is 13.7. The maximum atomic E-state index is 13.7. The van der Waals surface area contributed by atoms with Crippen LogP contribution in [0.3, 0.4) is 0 Å². The van der Waals surface area contributed by atoms with E-state index in [1.807, 2.05) is 18.2 Å². The Hall–Kier alpha value is -3.25. The molecule has 2 amide bonds. The van der Waals surface area contributed by atoms with Gasteiger partial charge in [0, 0.05) is 17.6 Å². The Bertz CT molecular complexity index is 1180. The van der Waals surface area contributed by atoms with Crippen molar-refractivity contribution in [2.75, 3.05) is 6.54 Å². The van der Waals surface area contributed by atoms with Crippen molar-refractivity contribution in [3.63, 3.8) is 0 Å². The molecular formula is C25H20BrFN2O2. The first-order valence-corrected chi connectivity index (χ1v) is 10.7. The summed E-state index contributed by atoms with van der Waals surface area (Å²) in [6, 6.07) is 20.9. The van der Waals surface area contributed by atoms with E-state index in [1.54, 1.807) is 41.3 Å². The Morgan fingerprint density at radius 2 is 1.71 bits per heavy atom. The zero-order valence-electron chi connectivity index (χ0n) is 16.6. The van der Waals surface area contributed by atoms with E-state index < -0.39 is 11.7 Å². The van der Waals surface area contributed by atoms with Gasteiger partial charge in [0.1, 0.15) is 11.5 Å². The molecule has 3 aromatic rings. The van der Waals surface area contributed by atoms with Crippen LogP contribution >= 0.6 is 15.9 Å². The number of hydrogen-bond acceptors (Lipinski definition) is 2. The van der Waals surface area contributed by atoms with Crippen LogP contribution in [0.25, 0.3) is 6.08 Å². The van der Waals surface area contributed by atoms with Crippen molar-refractivity contribution in [1.82, 2.24) is 10.2 Å². The number of carbonyl (C=O) groups excluding carboxylic acids is 2. The third-order valence-corrected chi connectivity index (χ3v) is 5.87. The van der Waals surface area contributed by atoms with Gasteiger partial charge in [0.05, 0.1) is 5.56 Å². The Labute approximate surface area is 188 Å². The predicted molar refractivity (Wildman–Crippen MR) is 122 cm³/mol. The Balaban J connectivity index is 1.64. The van der Waals surface area contributed by atoms with Crippen molar-refractivity contribution >= 4 is 33.8 Å². The molecule has 6 heteroatoms. The molecule has 0 fully saturated rings. The third-order valence-electron chi connectivity index (χ3n) is 5.17. The first-order chi connectivity index (χ1) is 15.0. The molecule has 0 atom stereocenters. The van der Waals surface area contributed by atoms with Gasteiger partial charge in [-0.05, 0) is 69.4 Å². The number of halogens is 2. The molecular weight excluding hydrogens is 459 g/mol. The maximum Gasteiger partial charge on any atom is 0.270 e. The molecule has 0 bridgehead atoms. The van der Waals surface area contributed by atoms with E-state index in [2.05, 4.69) is 27.3 Å². The van der Waals surface area contributed by atoms with Gasteiger partial charge in [-0.15, -0.1) is 0 Å². The minimum Gasteiger partial charge on any atom is -0.333 e. The number of rotatable bonds is 4. The summed E-state index contributed by atoms with van der Waals surface area (Å²) in [5, 5.41) is 2.74. The first kappa shape index (κ1) is 21.0. The molecule has 0 spiro atoms. The number of carbonyl (C=O) groups is 2. The molecule has 1 heterocycles. The van der Waals surface area contributed by atoms with Crippen LogP contribution < -0.4 is 5.32 Å². The van der Waals surface area contributed by atoms with E-state index in [9.17, 15) is 14.0 Å². The highest BCUT2D eigenvalue weighted by atomic mass is 79.9. The molecule has 0 aromatic heterocycles. The highest BCUT2D eigenvalue weighted by Crippen LogP contribution is 2.21. The van der Waals surface area contributed by atoms with Crippen LogP contribution in [0, 0.1) is 5.82 Å². The van der Waals surface area contributed by atoms with Gasteiger partial charge in [-0.1, -0.05) is 48.5 Å². The molecule has 3 aromatic carbocycles. The highest BCUT2D eigenvalue weighted by molar-refractivity contribution is 9.10. The first-order valence-electron chi connectivity index (χ1n) is 9.90. The molecule has 0 unspecified atom stereocenters. The van der Waals surface area contributed by atoms with Crippen LogP contribution in [0.4, 0.5) is 4.39 Å². The zero-order chi connectivity index (χ0) is 21.8. The normalized spacial score (nSPS) is 13.5. The number of amides is 2. The van der Waals surface area contributed by atoms with Gasteiger partial charge in [-0.2, -0.15) is 0 Å². The van der Waals surface area contributed by atoms with Crippen molar-refractivity contribution in [1.29, 1.82) is 0 Å². The standard InChI is InChI=1S/C25H20BrFN2O2/c26-22-11-4-3-10-21(22)24(30)28-23(15-17-6-5-9-20(27)14-17)25(31)29-13-12-18-7-1-2-8-19(18)16-29/h1-11,14-15H,12-13,16H2,(H,28,30)/b23-15+. The molecule has 4 nitrogen and oxygen atoms in total. The topological polar surface area (TPSA) is 49.4 Å². The van der Waals surface area contributed by atoms with E-state index in [0.717, 1.165) is 12.0 Å². The van der Waals surface area contributed by atoms with Crippen LogP contribution in [-0.4, -0.2) is 23.3 Å². The van der Waals surface area contributed by atoms with E-state index in [4.69, 9.17) is 0 Å². The molecule has 1 aliphatic rings. The molecule has 0 saturated carbocycles. The van der Waals surface area contributed by atoms with Crippen molar-refractivity contribution in [2.24, 2.45) is 0 Å². The number of nitrogens with one attached hydrogen (secondary N) is 1. The summed E-state index contributed by atoms with van der Waals surface area (Å²) in [6.45, 7) is 1.00. The van der Waals surface area contributed by atoms with Crippen molar-refractivity contribution in [2.45, 2.75) is 13.0 Å². The van der Waals surface area contributed by atoms with Crippen molar-refractivity contribution in [3.05, 3.63) is 111 Å². The van der Waals surface area contributed by atoms with E-state index in [0.29, 0.717) is 28.7 Å². The minimum absolute atomic E-state index is 0.103. The van der Waals surface area contributed by atoms with Crippen LogP contribution in [0.1, 0.15) is 27.0 Å². The predicted octanol–water partition coefficient (Wildman–Crippen LogP) is 4.94.